The quantitative estimate of drug-likeness (QED) is 0.780. The average molecular weight is 331 g/mol. The minimum Gasteiger partial charge on any atom is -0.459 e. The molecule has 8 heteroatoms. The van der Waals surface area contributed by atoms with Gasteiger partial charge in [0.1, 0.15) is 10.7 Å². The minimum absolute atomic E-state index is 0.00179. The Labute approximate surface area is 128 Å². The van der Waals surface area contributed by atoms with Crippen molar-refractivity contribution in [1.29, 1.82) is 0 Å². The van der Waals surface area contributed by atoms with Gasteiger partial charge < -0.3 is 9.47 Å². The van der Waals surface area contributed by atoms with Gasteiger partial charge in [-0.15, -0.1) is 0 Å². The van der Waals surface area contributed by atoms with Gasteiger partial charge in [0.2, 0.25) is 10.0 Å². The fourth-order valence-electron chi connectivity index (χ4n) is 2.04. The predicted octanol–water partition coefficient (Wildman–Crippen LogP) is 1.41. The van der Waals surface area contributed by atoms with E-state index in [1.807, 2.05) is 0 Å². The lowest BCUT2D eigenvalue weighted by Crippen LogP contribution is -2.41. The molecule has 0 N–H and O–H groups in total. The Hall–Kier alpha value is -1.51. The summed E-state index contributed by atoms with van der Waals surface area (Å²) in [5.41, 5.74) is 0.00179. The van der Waals surface area contributed by atoms with Crippen molar-refractivity contribution in [2.24, 2.45) is 0 Å². The zero-order valence-electron chi connectivity index (χ0n) is 12.4. The van der Waals surface area contributed by atoms with E-state index >= 15 is 0 Å². The van der Waals surface area contributed by atoms with Crippen LogP contribution in [-0.2, 0) is 19.5 Å². The van der Waals surface area contributed by atoms with E-state index in [4.69, 9.17) is 9.47 Å². The molecule has 1 saturated heterocycles. The van der Waals surface area contributed by atoms with Crippen LogP contribution in [0.4, 0.5) is 4.39 Å². The van der Waals surface area contributed by atoms with Crippen LogP contribution in [0.5, 0.6) is 0 Å². The van der Waals surface area contributed by atoms with Crippen LogP contribution in [0.1, 0.15) is 24.2 Å². The van der Waals surface area contributed by atoms with Crippen LogP contribution in [0, 0.1) is 5.82 Å². The molecule has 1 aromatic carbocycles. The Kier molecular flexibility index (Phi) is 5.15. The fourth-order valence-corrected chi connectivity index (χ4v) is 3.53. The van der Waals surface area contributed by atoms with Crippen molar-refractivity contribution < 1.29 is 27.1 Å². The van der Waals surface area contributed by atoms with E-state index in [2.05, 4.69) is 0 Å². The van der Waals surface area contributed by atoms with Crippen molar-refractivity contribution in [1.82, 2.24) is 4.31 Å². The monoisotopic (exact) mass is 331 g/mol. The SMILES string of the molecule is CC(C)OC(=O)c1ccc(F)c(S(=O)(=O)N2CCOCC2)c1. The highest BCUT2D eigenvalue weighted by Crippen LogP contribution is 2.22. The van der Waals surface area contributed by atoms with Gasteiger partial charge in [0.25, 0.3) is 0 Å². The second kappa shape index (κ2) is 6.72. The van der Waals surface area contributed by atoms with Crippen LogP contribution in [0.15, 0.2) is 23.1 Å². The third kappa shape index (κ3) is 3.63. The van der Waals surface area contributed by atoms with E-state index < -0.39 is 26.7 Å². The van der Waals surface area contributed by atoms with Crippen molar-refractivity contribution in [3.63, 3.8) is 0 Å². The molecule has 2 rings (SSSR count). The number of carbonyl (C=O) groups is 1. The Morgan fingerprint density at radius 3 is 2.55 bits per heavy atom. The molecule has 0 radical (unpaired) electrons. The molecule has 0 unspecified atom stereocenters. The van der Waals surface area contributed by atoms with E-state index in [0.29, 0.717) is 0 Å². The number of morpholine rings is 1. The van der Waals surface area contributed by atoms with Crippen molar-refractivity contribution in [2.75, 3.05) is 26.3 Å². The second-order valence-corrected chi connectivity index (χ2v) is 7.02. The maximum atomic E-state index is 14.0. The number of halogens is 1. The van der Waals surface area contributed by atoms with Crippen LogP contribution in [-0.4, -0.2) is 51.1 Å². The molecular weight excluding hydrogens is 313 g/mol. The van der Waals surface area contributed by atoms with E-state index in [1.165, 1.54) is 6.07 Å². The molecule has 122 valence electrons. The molecule has 0 atom stereocenters. The van der Waals surface area contributed by atoms with Gasteiger partial charge in [0.05, 0.1) is 24.9 Å². The van der Waals surface area contributed by atoms with Gasteiger partial charge in [-0.1, -0.05) is 0 Å². The van der Waals surface area contributed by atoms with Crippen LogP contribution in [0.25, 0.3) is 0 Å². The van der Waals surface area contributed by atoms with E-state index in [0.717, 1.165) is 16.4 Å². The highest BCUT2D eigenvalue weighted by molar-refractivity contribution is 7.89. The van der Waals surface area contributed by atoms with Crippen LogP contribution < -0.4 is 0 Å². The summed E-state index contributed by atoms with van der Waals surface area (Å²) in [6.45, 7) is 4.18. The zero-order chi connectivity index (χ0) is 16.3. The molecule has 1 heterocycles. The number of hydrogen-bond acceptors (Lipinski definition) is 5. The molecule has 0 spiro atoms. The first kappa shape index (κ1) is 16.9. The molecular formula is C14H18FNO5S. The lowest BCUT2D eigenvalue weighted by atomic mass is 10.2. The number of ether oxygens (including phenoxy) is 2. The van der Waals surface area contributed by atoms with Crippen molar-refractivity contribution in [3.8, 4) is 0 Å². The Bertz CT molecular complexity index is 653. The molecule has 0 saturated carbocycles. The van der Waals surface area contributed by atoms with Crippen LogP contribution >= 0.6 is 0 Å². The van der Waals surface area contributed by atoms with Gasteiger partial charge in [0, 0.05) is 13.1 Å². The number of sulfonamides is 1. The summed E-state index contributed by atoms with van der Waals surface area (Å²) in [5, 5.41) is 0. The van der Waals surface area contributed by atoms with Crippen LogP contribution in [0.3, 0.4) is 0 Å². The lowest BCUT2D eigenvalue weighted by molar-refractivity contribution is 0.0377. The van der Waals surface area contributed by atoms with E-state index in [-0.39, 0.29) is 38.0 Å². The molecule has 1 aliphatic heterocycles. The number of nitrogens with zero attached hydrogens (tertiary/aromatic N) is 1. The van der Waals surface area contributed by atoms with Gasteiger partial charge in [-0.2, -0.15) is 4.31 Å². The largest absolute Gasteiger partial charge is 0.459 e. The Morgan fingerprint density at radius 2 is 1.95 bits per heavy atom. The smallest absolute Gasteiger partial charge is 0.338 e. The average Bonchev–Trinajstić information content (AvgIpc) is 2.47. The molecule has 0 amide bonds. The summed E-state index contributed by atoms with van der Waals surface area (Å²) in [4.78, 5) is 11.3. The topological polar surface area (TPSA) is 72.9 Å². The second-order valence-electron chi connectivity index (χ2n) is 5.12. The summed E-state index contributed by atoms with van der Waals surface area (Å²) in [6, 6.07) is 3.19. The highest BCUT2D eigenvalue weighted by atomic mass is 32.2. The number of carbonyl (C=O) groups excluding carboxylic acids is 1. The third-order valence-corrected chi connectivity index (χ3v) is 5.01. The summed E-state index contributed by atoms with van der Waals surface area (Å²) in [7, 11) is -4.01. The number of hydrogen-bond donors (Lipinski definition) is 0. The van der Waals surface area contributed by atoms with E-state index in [1.54, 1.807) is 13.8 Å². The van der Waals surface area contributed by atoms with Gasteiger partial charge in [-0.25, -0.2) is 17.6 Å². The van der Waals surface area contributed by atoms with Gasteiger partial charge in [-0.05, 0) is 32.0 Å². The minimum atomic E-state index is -4.01. The number of rotatable bonds is 4. The molecule has 22 heavy (non-hydrogen) atoms. The first-order valence-electron chi connectivity index (χ1n) is 6.91. The summed E-state index contributed by atoms with van der Waals surface area (Å²) in [6.07, 6.45) is -0.350. The first-order valence-corrected chi connectivity index (χ1v) is 8.35. The standard InChI is InChI=1S/C14H18FNO5S/c1-10(2)21-14(17)11-3-4-12(15)13(9-11)22(18,19)16-5-7-20-8-6-16/h3-4,9-10H,5-8H2,1-2H3. The molecule has 0 aromatic heterocycles. The Balaban J connectivity index is 2.35. The van der Waals surface area contributed by atoms with Crippen molar-refractivity contribution in [3.05, 3.63) is 29.6 Å². The number of benzene rings is 1. The van der Waals surface area contributed by atoms with E-state index in [9.17, 15) is 17.6 Å². The predicted molar refractivity (Wildman–Crippen MR) is 76.5 cm³/mol. The molecule has 1 aromatic rings. The maximum absolute atomic E-state index is 14.0. The fraction of sp³-hybridized carbons (Fsp3) is 0.500. The third-order valence-electron chi connectivity index (χ3n) is 3.10. The molecule has 1 aliphatic rings. The zero-order valence-corrected chi connectivity index (χ0v) is 13.2. The summed E-state index contributed by atoms with van der Waals surface area (Å²) < 4.78 is 50.2. The van der Waals surface area contributed by atoms with Crippen molar-refractivity contribution in [2.45, 2.75) is 24.8 Å². The van der Waals surface area contributed by atoms with Crippen molar-refractivity contribution >= 4 is 16.0 Å². The molecule has 1 fully saturated rings. The summed E-state index contributed by atoms with van der Waals surface area (Å²) in [5.74, 6) is -1.58. The lowest BCUT2D eigenvalue weighted by Gasteiger charge is -2.26. The van der Waals surface area contributed by atoms with Crippen LogP contribution in [0.2, 0.25) is 0 Å². The summed E-state index contributed by atoms with van der Waals surface area (Å²) >= 11 is 0. The van der Waals surface area contributed by atoms with Gasteiger partial charge in [-0.3, -0.25) is 0 Å². The van der Waals surface area contributed by atoms with Gasteiger partial charge in [0.15, 0.2) is 0 Å². The maximum Gasteiger partial charge on any atom is 0.338 e. The molecule has 6 nitrogen and oxygen atoms in total. The number of esters is 1. The molecule has 0 aliphatic carbocycles. The molecule has 0 bridgehead atoms. The highest BCUT2D eigenvalue weighted by Gasteiger charge is 2.30. The first-order chi connectivity index (χ1) is 10.3. The normalized spacial score (nSPS) is 16.7. The van der Waals surface area contributed by atoms with Gasteiger partial charge >= 0.3 is 5.97 Å². The Morgan fingerprint density at radius 1 is 1.32 bits per heavy atom.